The molecule has 4 heteroatoms. The minimum absolute atomic E-state index is 0.357. The maximum atomic E-state index is 5.68. The molecule has 2 aromatic carbocycles. The van der Waals surface area contributed by atoms with Crippen molar-refractivity contribution in [1.82, 2.24) is 4.90 Å². The number of rotatable bonds is 6. The van der Waals surface area contributed by atoms with Crippen LogP contribution in [0.25, 0.3) is 0 Å². The Balaban J connectivity index is 2.07. The van der Waals surface area contributed by atoms with Crippen molar-refractivity contribution in [2.45, 2.75) is 13.1 Å². The van der Waals surface area contributed by atoms with Gasteiger partial charge in [-0.05, 0) is 30.3 Å². The minimum Gasteiger partial charge on any atom is -0.496 e. The molecule has 0 aliphatic carbocycles. The summed E-state index contributed by atoms with van der Waals surface area (Å²) in [5.41, 5.74) is 8.93. The average Bonchev–Trinajstić information content (AvgIpc) is 2.47. The van der Waals surface area contributed by atoms with E-state index in [1.165, 1.54) is 11.1 Å². The molecule has 0 atom stereocenters. The normalized spacial score (nSPS) is 10.6. The van der Waals surface area contributed by atoms with Crippen molar-refractivity contribution in [2.24, 2.45) is 5.73 Å². The van der Waals surface area contributed by atoms with Crippen molar-refractivity contribution in [3.05, 3.63) is 65.2 Å². The smallest absolute Gasteiger partial charge is 0.129 e. The van der Waals surface area contributed by atoms with Crippen LogP contribution in [0.3, 0.4) is 0 Å². The zero-order chi connectivity index (χ0) is 15.2. The van der Waals surface area contributed by atoms with Gasteiger partial charge in [-0.1, -0.05) is 48.6 Å². The molecule has 0 unspecified atom stereocenters. The Kier molecular flexibility index (Phi) is 5.31. The molecule has 0 aliphatic heterocycles. The number of nitrogens with two attached hydrogens (primary N) is 1. The molecule has 2 aromatic rings. The molecule has 0 saturated heterocycles. The predicted octanol–water partition coefficient (Wildman–Crippen LogP) is 2.96. The fourth-order valence-corrected chi connectivity index (χ4v) is 2.47. The van der Waals surface area contributed by atoms with Gasteiger partial charge in [-0.3, -0.25) is 4.90 Å². The summed E-state index contributed by atoms with van der Waals surface area (Å²) in [7, 11) is 3.73. The van der Waals surface area contributed by atoms with E-state index < -0.39 is 0 Å². The molecule has 0 radical (unpaired) electrons. The monoisotopic (exact) mass is 300 g/mol. The van der Waals surface area contributed by atoms with Gasteiger partial charge < -0.3 is 10.5 Å². The molecule has 0 fully saturated rings. The fourth-order valence-electron chi connectivity index (χ4n) is 2.30. The van der Waals surface area contributed by atoms with E-state index >= 15 is 0 Å². The number of nitrogens with zero attached hydrogens (tertiary/aromatic N) is 1. The lowest BCUT2D eigenvalue weighted by atomic mass is 10.1. The number of methoxy groups -OCH3 is 1. The zero-order valence-electron chi connectivity index (χ0n) is 12.4. The van der Waals surface area contributed by atoms with Crippen LogP contribution in [0.2, 0.25) is 0 Å². The fraction of sp³-hybridized carbons (Fsp3) is 0.235. The van der Waals surface area contributed by atoms with Crippen LogP contribution in [0.4, 0.5) is 0 Å². The maximum absolute atomic E-state index is 5.68. The molecule has 2 N–H and O–H groups in total. The highest BCUT2D eigenvalue weighted by Crippen LogP contribution is 2.21. The highest BCUT2D eigenvalue weighted by molar-refractivity contribution is 7.80. The lowest BCUT2D eigenvalue weighted by Crippen LogP contribution is -2.17. The molecule has 0 spiro atoms. The first-order valence-electron chi connectivity index (χ1n) is 6.79. The maximum Gasteiger partial charge on any atom is 0.129 e. The Morgan fingerprint density at radius 1 is 1.10 bits per heavy atom. The Bertz CT molecular complexity index is 613. The molecule has 110 valence electrons. The van der Waals surface area contributed by atoms with Crippen LogP contribution in [0.15, 0.2) is 48.5 Å². The van der Waals surface area contributed by atoms with Crippen LogP contribution < -0.4 is 10.5 Å². The summed E-state index contributed by atoms with van der Waals surface area (Å²) < 4.78 is 5.36. The van der Waals surface area contributed by atoms with Crippen molar-refractivity contribution in [1.29, 1.82) is 0 Å². The van der Waals surface area contributed by atoms with Gasteiger partial charge >= 0.3 is 0 Å². The van der Waals surface area contributed by atoms with Gasteiger partial charge in [-0.15, -0.1) is 0 Å². The number of ether oxygens (including phenoxy) is 1. The molecular formula is C17H20N2OS. The minimum atomic E-state index is 0.357. The van der Waals surface area contributed by atoms with E-state index in [4.69, 9.17) is 22.7 Å². The second-order valence-corrected chi connectivity index (χ2v) is 5.50. The van der Waals surface area contributed by atoms with E-state index in [-0.39, 0.29) is 0 Å². The number of hydrogen-bond acceptors (Lipinski definition) is 3. The predicted molar refractivity (Wildman–Crippen MR) is 90.5 cm³/mol. The zero-order valence-corrected chi connectivity index (χ0v) is 13.2. The van der Waals surface area contributed by atoms with E-state index in [0.29, 0.717) is 4.99 Å². The number of benzene rings is 2. The first kappa shape index (κ1) is 15.5. The molecule has 21 heavy (non-hydrogen) atoms. The Morgan fingerprint density at radius 2 is 1.76 bits per heavy atom. The van der Waals surface area contributed by atoms with Gasteiger partial charge in [0.15, 0.2) is 0 Å². The first-order valence-corrected chi connectivity index (χ1v) is 7.20. The van der Waals surface area contributed by atoms with Crippen LogP contribution in [0.1, 0.15) is 16.7 Å². The van der Waals surface area contributed by atoms with Gasteiger partial charge in [0.2, 0.25) is 0 Å². The van der Waals surface area contributed by atoms with E-state index in [1.807, 2.05) is 24.3 Å². The van der Waals surface area contributed by atoms with E-state index in [1.54, 1.807) is 7.11 Å². The van der Waals surface area contributed by atoms with Gasteiger partial charge in [-0.2, -0.15) is 0 Å². The third-order valence-electron chi connectivity index (χ3n) is 3.28. The summed E-state index contributed by atoms with van der Waals surface area (Å²) in [4.78, 5) is 2.61. The summed E-state index contributed by atoms with van der Waals surface area (Å²) in [5, 5.41) is 0. The van der Waals surface area contributed by atoms with Crippen molar-refractivity contribution in [2.75, 3.05) is 14.2 Å². The molecule has 0 saturated carbocycles. The summed E-state index contributed by atoms with van der Waals surface area (Å²) >= 11 is 5.02. The summed E-state index contributed by atoms with van der Waals surface area (Å²) in [6.45, 7) is 1.74. The Hall–Kier alpha value is -1.91. The molecule has 2 rings (SSSR count). The van der Waals surface area contributed by atoms with Crippen molar-refractivity contribution >= 4 is 17.2 Å². The quantitative estimate of drug-likeness (QED) is 0.833. The van der Waals surface area contributed by atoms with E-state index in [2.05, 4.69) is 36.2 Å². The van der Waals surface area contributed by atoms with Crippen molar-refractivity contribution in [3.8, 4) is 5.75 Å². The molecule has 0 aliphatic rings. The summed E-state index contributed by atoms with van der Waals surface area (Å²) in [6.07, 6.45) is 0. The summed E-state index contributed by atoms with van der Waals surface area (Å²) in [5.74, 6) is 0.730. The van der Waals surface area contributed by atoms with E-state index in [9.17, 15) is 0 Å². The van der Waals surface area contributed by atoms with Crippen LogP contribution in [0, 0.1) is 0 Å². The largest absolute Gasteiger partial charge is 0.496 e. The van der Waals surface area contributed by atoms with E-state index in [0.717, 1.165) is 24.4 Å². The average molecular weight is 300 g/mol. The molecule has 0 heterocycles. The Labute approximate surface area is 131 Å². The van der Waals surface area contributed by atoms with Crippen molar-refractivity contribution in [3.63, 3.8) is 0 Å². The van der Waals surface area contributed by atoms with Crippen LogP contribution in [0.5, 0.6) is 5.75 Å². The van der Waals surface area contributed by atoms with Crippen molar-refractivity contribution < 1.29 is 4.74 Å². The third-order valence-corrected chi connectivity index (χ3v) is 3.50. The van der Waals surface area contributed by atoms with Gasteiger partial charge in [0, 0.05) is 13.1 Å². The molecule has 0 aromatic heterocycles. The third kappa shape index (κ3) is 4.28. The first-order chi connectivity index (χ1) is 10.1. The SMILES string of the molecule is COc1cc(CN(C)Cc2ccccc2)ccc1C(N)=S. The van der Waals surface area contributed by atoms with Gasteiger partial charge in [-0.25, -0.2) is 0 Å². The second kappa shape index (κ2) is 7.20. The van der Waals surface area contributed by atoms with Crippen LogP contribution >= 0.6 is 12.2 Å². The molecule has 0 bridgehead atoms. The van der Waals surface area contributed by atoms with Crippen LogP contribution in [-0.4, -0.2) is 24.0 Å². The lowest BCUT2D eigenvalue weighted by molar-refractivity contribution is 0.318. The van der Waals surface area contributed by atoms with Gasteiger partial charge in [0.25, 0.3) is 0 Å². The highest BCUT2D eigenvalue weighted by Gasteiger charge is 2.08. The highest BCUT2D eigenvalue weighted by atomic mass is 32.1. The van der Waals surface area contributed by atoms with Gasteiger partial charge in [0.1, 0.15) is 10.7 Å². The summed E-state index contributed by atoms with van der Waals surface area (Å²) in [6, 6.07) is 16.4. The lowest BCUT2D eigenvalue weighted by Gasteiger charge is -2.18. The Morgan fingerprint density at radius 3 is 2.38 bits per heavy atom. The van der Waals surface area contributed by atoms with Crippen LogP contribution in [-0.2, 0) is 13.1 Å². The molecular weight excluding hydrogens is 280 g/mol. The second-order valence-electron chi connectivity index (χ2n) is 5.06. The molecule has 3 nitrogen and oxygen atoms in total. The van der Waals surface area contributed by atoms with Gasteiger partial charge in [0.05, 0.1) is 12.7 Å². The topological polar surface area (TPSA) is 38.5 Å². The standard InChI is InChI=1S/C17H20N2OS/c1-19(11-13-6-4-3-5-7-13)12-14-8-9-15(17(18)21)16(10-14)20-2/h3-10H,11-12H2,1-2H3,(H2,18,21). The number of thiocarbonyl (C=S) groups is 1. The molecule has 0 amide bonds. The number of hydrogen-bond donors (Lipinski definition) is 1.